The Morgan fingerprint density at radius 2 is 1.94 bits per heavy atom. The van der Waals surface area contributed by atoms with Gasteiger partial charge in [0.05, 0.1) is 0 Å². The van der Waals surface area contributed by atoms with Crippen LogP contribution in [0.1, 0.15) is 12.5 Å². The Kier molecular flexibility index (Phi) is 3.10. The van der Waals surface area contributed by atoms with Gasteiger partial charge < -0.3 is 19.9 Å². The highest BCUT2D eigenvalue weighted by Crippen LogP contribution is 2.36. The molecule has 6 heteroatoms. The lowest BCUT2D eigenvalue weighted by Crippen LogP contribution is -2.27. The third-order valence-electron chi connectivity index (χ3n) is 2.74. The van der Waals surface area contributed by atoms with Gasteiger partial charge in [0.15, 0.2) is 11.5 Å². The number of hydrogen-bond acceptors (Lipinski definition) is 4. The van der Waals surface area contributed by atoms with Crippen LogP contribution in [0.15, 0.2) is 12.1 Å². The number of carboxylic acid groups (broad SMARTS) is 1. The quantitative estimate of drug-likeness (QED) is 0.793. The van der Waals surface area contributed by atoms with Crippen LogP contribution < -0.4 is 14.8 Å². The van der Waals surface area contributed by atoms with Gasteiger partial charge in [-0.25, -0.2) is 0 Å². The molecule has 2 rings (SSSR count). The summed E-state index contributed by atoms with van der Waals surface area (Å²) in [7, 11) is 0. The molecule has 0 bridgehead atoms. The van der Waals surface area contributed by atoms with E-state index in [2.05, 4.69) is 5.32 Å². The second-order valence-corrected chi connectivity index (χ2v) is 4.07. The van der Waals surface area contributed by atoms with E-state index in [1.165, 1.54) is 6.92 Å². The Morgan fingerprint density at radius 1 is 1.33 bits per heavy atom. The van der Waals surface area contributed by atoms with E-state index < -0.39 is 17.8 Å². The number of carbonyl (C=O) groups is 2. The van der Waals surface area contributed by atoms with Crippen LogP contribution in [0.5, 0.6) is 11.5 Å². The molecule has 1 heterocycles. The second kappa shape index (κ2) is 4.56. The van der Waals surface area contributed by atoms with Gasteiger partial charge in [0.1, 0.15) is 5.92 Å². The molecular weight excluding hydrogens is 238 g/mol. The third-order valence-corrected chi connectivity index (χ3v) is 2.74. The number of rotatable bonds is 3. The number of hydrogen-bond donors (Lipinski definition) is 2. The maximum Gasteiger partial charge on any atom is 0.315 e. The zero-order valence-corrected chi connectivity index (χ0v) is 10.0. The molecule has 0 fully saturated rings. The topological polar surface area (TPSA) is 84.9 Å². The molecule has 6 nitrogen and oxygen atoms in total. The molecule has 0 saturated carbocycles. The van der Waals surface area contributed by atoms with E-state index in [0.717, 1.165) is 5.56 Å². The van der Waals surface area contributed by atoms with Gasteiger partial charge in [-0.2, -0.15) is 0 Å². The summed E-state index contributed by atoms with van der Waals surface area (Å²) in [5.41, 5.74) is 1.31. The SMILES string of the molecule is Cc1cc2c(cc1NC(=O)C(C)C(=O)O)OCO2. The van der Waals surface area contributed by atoms with E-state index in [9.17, 15) is 9.59 Å². The highest BCUT2D eigenvalue weighted by Gasteiger charge is 2.22. The highest BCUT2D eigenvalue weighted by atomic mass is 16.7. The molecule has 0 spiro atoms. The number of carbonyl (C=O) groups excluding carboxylic acids is 1. The Hall–Kier alpha value is -2.24. The number of benzene rings is 1. The van der Waals surface area contributed by atoms with E-state index >= 15 is 0 Å². The molecule has 96 valence electrons. The third kappa shape index (κ3) is 2.22. The van der Waals surface area contributed by atoms with Crippen molar-refractivity contribution in [1.82, 2.24) is 0 Å². The molecule has 1 aromatic rings. The summed E-state index contributed by atoms with van der Waals surface area (Å²) in [6.07, 6.45) is 0. The Labute approximate surface area is 104 Å². The molecule has 1 unspecified atom stereocenters. The van der Waals surface area contributed by atoms with E-state index in [-0.39, 0.29) is 6.79 Å². The number of anilines is 1. The van der Waals surface area contributed by atoms with E-state index in [1.54, 1.807) is 19.1 Å². The Balaban J connectivity index is 2.20. The molecule has 2 N–H and O–H groups in total. The molecular formula is C12H13NO5. The number of ether oxygens (including phenoxy) is 2. The predicted molar refractivity (Wildman–Crippen MR) is 62.7 cm³/mol. The first-order valence-corrected chi connectivity index (χ1v) is 5.43. The minimum atomic E-state index is -1.16. The summed E-state index contributed by atoms with van der Waals surface area (Å²) in [6, 6.07) is 3.37. The Bertz CT molecular complexity index is 511. The van der Waals surface area contributed by atoms with Gasteiger partial charge in [-0.05, 0) is 25.5 Å². The van der Waals surface area contributed by atoms with Crippen LogP contribution in [0.2, 0.25) is 0 Å². The van der Waals surface area contributed by atoms with Gasteiger partial charge >= 0.3 is 5.97 Å². The van der Waals surface area contributed by atoms with E-state index in [4.69, 9.17) is 14.6 Å². The van der Waals surface area contributed by atoms with Crippen molar-refractivity contribution in [2.45, 2.75) is 13.8 Å². The molecule has 1 amide bonds. The second-order valence-electron chi connectivity index (χ2n) is 4.07. The summed E-state index contributed by atoms with van der Waals surface area (Å²) in [5, 5.41) is 11.3. The normalized spacial score (nSPS) is 14.1. The first-order valence-electron chi connectivity index (χ1n) is 5.43. The monoisotopic (exact) mass is 251 g/mol. The lowest BCUT2D eigenvalue weighted by Gasteiger charge is -2.11. The van der Waals surface area contributed by atoms with Crippen LogP contribution in [0.4, 0.5) is 5.69 Å². The molecule has 0 saturated heterocycles. The molecule has 18 heavy (non-hydrogen) atoms. The van der Waals surface area contributed by atoms with Crippen molar-refractivity contribution in [2.24, 2.45) is 5.92 Å². The van der Waals surface area contributed by atoms with Crippen LogP contribution in [-0.4, -0.2) is 23.8 Å². The van der Waals surface area contributed by atoms with Crippen LogP contribution in [-0.2, 0) is 9.59 Å². The van der Waals surface area contributed by atoms with Crippen molar-refractivity contribution in [1.29, 1.82) is 0 Å². The van der Waals surface area contributed by atoms with Crippen LogP contribution in [0.3, 0.4) is 0 Å². The standard InChI is InChI=1S/C12H13NO5/c1-6-3-9-10(18-5-17-9)4-8(6)13-11(14)7(2)12(15)16/h3-4,7H,5H2,1-2H3,(H,13,14)(H,15,16). The fourth-order valence-corrected chi connectivity index (χ4v) is 1.53. The molecule has 1 atom stereocenters. The van der Waals surface area contributed by atoms with Crippen LogP contribution >= 0.6 is 0 Å². The minimum absolute atomic E-state index is 0.150. The van der Waals surface area contributed by atoms with Crippen molar-refractivity contribution in [3.05, 3.63) is 17.7 Å². The molecule has 1 aliphatic heterocycles. The largest absolute Gasteiger partial charge is 0.481 e. The summed E-state index contributed by atoms with van der Waals surface area (Å²) in [6.45, 7) is 3.28. The van der Waals surface area contributed by atoms with Gasteiger partial charge in [0.2, 0.25) is 12.7 Å². The van der Waals surface area contributed by atoms with Crippen molar-refractivity contribution < 1.29 is 24.2 Å². The van der Waals surface area contributed by atoms with Crippen LogP contribution in [0, 0.1) is 12.8 Å². The summed E-state index contributed by atoms with van der Waals surface area (Å²) < 4.78 is 10.4. The molecule has 1 aromatic carbocycles. The molecule has 0 aromatic heterocycles. The predicted octanol–water partition coefficient (Wildman–Crippen LogP) is 1.38. The minimum Gasteiger partial charge on any atom is -0.481 e. The number of aliphatic carboxylic acids is 1. The summed E-state index contributed by atoms with van der Waals surface area (Å²) in [5.74, 6) is -1.67. The van der Waals surface area contributed by atoms with Crippen molar-refractivity contribution in [2.75, 3.05) is 12.1 Å². The molecule has 0 radical (unpaired) electrons. The van der Waals surface area contributed by atoms with Crippen molar-refractivity contribution in [3.8, 4) is 11.5 Å². The zero-order valence-electron chi connectivity index (χ0n) is 10.0. The van der Waals surface area contributed by atoms with Crippen molar-refractivity contribution in [3.63, 3.8) is 0 Å². The van der Waals surface area contributed by atoms with Gasteiger partial charge in [-0.15, -0.1) is 0 Å². The van der Waals surface area contributed by atoms with Gasteiger partial charge in [-0.1, -0.05) is 0 Å². The van der Waals surface area contributed by atoms with Gasteiger partial charge in [0, 0.05) is 11.8 Å². The number of nitrogens with one attached hydrogen (secondary N) is 1. The lowest BCUT2D eigenvalue weighted by molar-refractivity contribution is -0.144. The molecule has 1 aliphatic rings. The Morgan fingerprint density at radius 3 is 2.56 bits per heavy atom. The van der Waals surface area contributed by atoms with Crippen LogP contribution in [0.25, 0.3) is 0 Å². The number of aryl methyl sites for hydroxylation is 1. The number of amides is 1. The number of carboxylic acids is 1. The molecule has 0 aliphatic carbocycles. The van der Waals surface area contributed by atoms with Gasteiger partial charge in [-0.3, -0.25) is 9.59 Å². The average molecular weight is 251 g/mol. The lowest BCUT2D eigenvalue weighted by atomic mass is 10.1. The fraction of sp³-hybridized carbons (Fsp3) is 0.333. The average Bonchev–Trinajstić information content (AvgIpc) is 2.75. The first-order chi connectivity index (χ1) is 8.49. The first kappa shape index (κ1) is 12.2. The highest BCUT2D eigenvalue weighted by molar-refractivity contribution is 6.04. The van der Waals surface area contributed by atoms with E-state index in [0.29, 0.717) is 17.2 Å². The number of fused-ring (bicyclic) bond motifs is 1. The fourth-order valence-electron chi connectivity index (χ4n) is 1.53. The summed E-state index contributed by atoms with van der Waals surface area (Å²) in [4.78, 5) is 22.3. The maximum atomic E-state index is 11.6. The zero-order chi connectivity index (χ0) is 13.3. The smallest absolute Gasteiger partial charge is 0.315 e. The summed E-state index contributed by atoms with van der Waals surface area (Å²) >= 11 is 0. The van der Waals surface area contributed by atoms with Gasteiger partial charge in [0.25, 0.3) is 0 Å². The maximum absolute atomic E-state index is 11.6. The van der Waals surface area contributed by atoms with E-state index in [1.807, 2.05) is 0 Å². The van der Waals surface area contributed by atoms with Crippen molar-refractivity contribution >= 4 is 17.6 Å².